The first-order valence-electron chi connectivity index (χ1n) is 8.80. The van der Waals surface area contributed by atoms with E-state index in [1.807, 2.05) is 78.9 Å². The molecule has 0 saturated heterocycles. The molecule has 1 aliphatic heterocycles. The van der Waals surface area contributed by atoms with Gasteiger partial charge in [-0.15, -0.1) is 0 Å². The lowest BCUT2D eigenvalue weighted by molar-refractivity contribution is -0.110. The van der Waals surface area contributed by atoms with Crippen LogP contribution in [0.5, 0.6) is 0 Å². The van der Waals surface area contributed by atoms with Crippen LogP contribution in [0.15, 0.2) is 78.9 Å². The Labute approximate surface area is 162 Å². The molecule has 0 radical (unpaired) electrons. The average molecular weight is 369 g/mol. The van der Waals surface area contributed by atoms with Crippen molar-refractivity contribution >= 4 is 40.2 Å². The lowest BCUT2D eigenvalue weighted by Gasteiger charge is -2.15. The second-order valence-corrected chi connectivity index (χ2v) is 6.36. The van der Waals surface area contributed by atoms with E-state index in [2.05, 4.69) is 16.0 Å². The number of carbonyl (C=O) groups is 1. The SMILES string of the molecule is N=C(N)Nc1cccc(N/C(=C2\C(=O)Nc3ccccc32)c2ccccc2)c1. The first-order valence-corrected chi connectivity index (χ1v) is 8.80. The summed E-state index contributed by atoms with van der Waals surface area (Å²) in [4.78, 5) is 12.8. The Hall–Kier alpha value is -4.06. The van der Waals surface area contributed by atoms with Gasteiger partial charge in [-0.25, -0.2) is 0 Å². The molecule has 0 bridgehead atoms. The van der Waals surface area contributed by atoms with Crippen molar-refractivity contribution in [3.63, 3.8) is 0 Å². The van der Waals surface area contributed by atoms with Crippen LogP contribution in [0.25, 0.3) is 11.3 Å². The van der Waals surface area contributed by atoms with E-state index in [0.717, 1.165) is 22.5 Å². The second-order valence-electron chi connectivity index (χ2n) is 6.36. The van der Waals surface area contributed by atoms with Crippen LogP contribution in [-0.4, -0.2) is 11.9 Å². The molecule has 138 valence electrons. The number of hydrogen-bond donors (Lipinski definition) is 5. The molecule has 0 unspecified atom stereocenters. The molecule has 6 N–H and O–H groups in total. The summed E-state index contributed by atoms with van der Waals surface area (Å²) < 4.78 is 0. The summed E-state index contributed by atoms with van der Waals surface area (Å²) in [5, 5.41) is 16.5. The third-order valence-corrected chi connectivity index (χ3v) is 4.40. The van der Waals surface area contributed by atoms with Crippen LogP contribution in [0.3, 0.4) is 0 Å². The van der Waals surface area contributed by atoms with Gasteiger partial charge in [-0.2, -0.15) is 0 Å². The van der Waals surface area contributed by atoms with Gasteiger partial charge in [0, 0.05) is 22.6 Å². The molecular weight excluding hydrogens is 350 g/mol. The normalized spacial score (nSPS) is 14.1. The minimum atomic E-state index is -0.148. The minimum absolute atomic E-state index is 0.136. The van der Waals surface area contributed by atoms with E-state index in [1.54, 1.807) is 0 Å². The number of nitrogens with one attached hydrogen (secondary N) is 4. The summed E-state index contributed by atoms with van der Waals surface area (Å²) in [5.41, 5.74) is 10.7. The lowest BCUT2D eigenvalue weighted by atomic mass is 10.00. The first-order chi connectivity index (χ1) is 13.6. The van der Waals surface area contributed by atoms with Crippen LogP contribution in [0.2, 0.25) is 0 Å². The van der Waals surface area contributed by atoms with Crippen LogP contribution < -0.4 is 21.7 Å². The first kappa shape index (κ1) is 17.4. The molecule has 0 aliphatic carbocycles. The lowest BCUT2D eigenvalue weighted by Crippen LogP contribution is -2.20. The van der Waals surface area contributed by atoms with Crippen molar-refractivity contribution < 1.29 is 4.79 Å². The Morgan fingerprint density at radius 1 is 0.857 bits per heavy atom. The van der Waals surface area contributed by atoms with Gasteiger partial charge in [0.1, 0.15) is 0 Å². The van der Waals surface area contributed by atoms with Gasteiger partial charge >= 0.3 is 0 Å². The van der Waals surface area contributed by atoms with E-state index < -0.39 is 0 Å². The van der Waals surface area contributed by atoms with Gasteiger partial charge in [-0.1, -0.05) is 54.6 Å². The van der Waals surface area contributed by atoms with Crippen molar-refractivity contribution in [3.05, 3.63) is 90.0 Å². The van der Waals surface area contributed by atoms with Gasteiger partial charge in [-0.05, 0) is 29.8 Å². The Bertz CT molecular complexity index is 1090. The minimum Gasteiger partial charge on any atom is -0.370 e. The zero-order valence-corrected chi connectivity index (χ0v) is 15.0. The zero-order valence-electron chi connectivity index (χ0n) is 15.0. The molecule has 1 heterocycles. The van der Waals surface area contributed by atoms with Gasteiger partial charge in [0.15, 0.2) is 5.96 Å². The van der Waals surface area contributed by atoms with Gasteiger partial charge in [0.2, 0.25) is 0 Å². The molecule has 0 saturated carbocycles. The van der Waals surface area contributed by atoms with Crippen molar-refractivity contribution in [1.82, 2.24) is 0 Å². The number of hydrogen-bond acceptors (Lipinski definition) is 3. The molecule has 6 heteroatoms. The number of amides is 1. The largest absolute Gasteiger partial charge is 0.370 e. The summed E-state index contributed by atoms with van der Waals surface area (Å²) in [6, 6.07) is 24.8. The van der Waals surface area contributed by atoms with E-state index >= 15 is 0 Å². The fourth-order valence-corrected chi connectivity index (χ4v) is 3.22. The molecule has 4 rings (SSSR count). The molecular formula is C22H19N5O. The number of para-hydroxylation sites is 1. The molecule has 0 fully saturated rings. The Morgan fingerprint density at radius 3 is 2.29 bits per heavy atom. The fraction of sp³-hybridized carbons (Fsp3) is 0. The highest BCUT2D eigenvalue weighted by Crippen LogP contribution is 2.37. The number of benzene rings is 3. The van der Waals surface area contributed by atoms with Crippen LogP contribution in [-0.2, 0) is 4.79 Å². The van der Waals surface area contributed by atoms with E-state index in [9.17, 15) is 4.79 Å². The molecule has 1 aliphatic rings. The fourth-order valence-electron chi connectivity index (χ4n) is 3.22. The van der Waals surface area contributed by atoms with Crippen molar-refractivity contribution in [2.45, 2.75) is 0 Å². The van der Waals surface area contributed by atoms with Gasteiger partial charge < -0.3 is 21.7 Å². The maximum atomic E-state index is 12.8. The quantitative estimate of drug-likeness (QED) is 0.273. The van der Waals surface area contributed by atoms with Crippen molar-refractivity contribution in [1.29, 1.82) is 5.41 Å². The topological polar surface area (TPSA) is 103 Å². The standard InChI is InChI=1S/C22H19N5O/c23-22(24)26-16-10-6-9-15(13-16)25-20(14-7-2-1-3-8-14)19-17-11-4-5-12-18(17)27-21(19)28/h1-13,25H,(H,27,28)(H4,23,24,26)/b20-19-. The van der Waals surface area contributed by atoms with Crippen LogP contribution in [0.1, 0.15) is 11.1 Å². The predicted molar refractivity (Wildman–Crippen MR) is 114 cm³/mol. The number of nitrogens with two attached hydrogens (primary N) is 1. The van der Waals surface area contributed by atoms with Crippen LogP contribution >= 0.6 is 0 Å². The maximum absolute atomic E-state index is 12.8. The summed E-state index contributed by atoms with van der Waals surface area (Å²) in [6.07, 6.45) is 0. The molecule has 0 spiro atoms. The number of fused-ring (bicyclic) bond motifs is 1. The highest BCUT2D eigenvalue weighted by molar-refractivity contribution is 6.37. The van der Waals surface area contributed by atoms with Crippen molar-refractivity contribution in [2.75, 3.05) is 16.0 Å². The number of anilines is 3. The molecule has 28 heavy (non-hydrogen) atoms. The predicted octanol–water partition coefficient (Wildman–Crippen LogP) is 3.92. The molecule has 6 nitrogen and oxygen atoms in total. The molecule has 3 aromatic rings. The Balaban J connectivity index is 1.83. The van der Waals surface area contributed by atoms with Crippen LogP contribution in [0.4, 0.5) is 17.1 Å². The molecule has 1 amide bonds. The Kier molecular flexibility index (Phi) is 4.51. The summed E-state index contributed by atoms with van der Waals surface area (Å²) in [7, 11) is 0. The molecule has 0 atom stereocenters. The smallest absolute Gasteiger partial charge is 0.258 e. The van der Waals surface area contributed by atoms with E-state index in [1.165, 1.54) is 0 Å². The van der Waals surface area contributed by atoms with Crippen molar-refractivity contribution in [2.24, 2.45) is 5.73 Å². The Morgan fingerprint density at radius 2 is 1.54 bits per heavy atom. The van der Waals surface area contributed by atoms with Crippen molar-refractivity contribution in [3.8, 4) is 0 Å². The summed E-state index contributed by atoms with van der Waals surface area (Å²) >= 11 is 0. The summed E-state index contributed by atoms with van der Waals surface area (Å²) in [6.45, 7) is 0. The van der Waals surface area contributed by atoms with E-state index in [0.29, 0.717) is 17.0 Å². The zero-order chi connectivity index (χ0) is 19.5. The highest BCUT2D eigenvalue weighted by Gasteiger charge is 2.28. The van der Waals surface area contributed by atoms with Gasteiger partial charge in [0.25, 0.3) is 5.91 Å². The number of rotatable bonds is 4. The van der Waals surface area contributed by atoms with Gasteiger partial charge in [0.05, 0.1) is 11.3 Å². The second kappa shape index (κ2) is 7.28. The average Bonchev–Trinajstić information content (AvgIpc) is 3.02. The molecule has 3 aromatic carbocycles. The third-order valence-electron chi connectivity index (χ3n) is 4.40. The van der Waals surface area contributed by atoms with E-state index in [4.69, 9.17) is 11.1 Å². The van der Waals surface area contributed by atoms with E-state index in [-0.39, 0.29) is 11.9 Å². The van der Waals surface area contributed by atoms with Crippen LogP contribution in [0, 0.1) is 5.41 Å². The maximum Gasteiger partial charge on any atom is 0.258 e. The van der Waals surface area contributed by atoms with Gasteiger partial charge in [-0.3, -0.25) is 10.2 Å². The number of carbonyl (C=O) groups excluding carboxylic acids is 1. The third kappa shape index (κ3) is 3.43. The molecule has 0 aromatic heterocycles. The number of guanidine groups is 1. The monoisotopic (exact) mass is 369 g/mol. The summed E-state index contributed by atoms with van der Waals surface area (Å²) in [5.74, 6) is -0.284. The highest BCUT2D eigenvalue weighted by atomic mass is 16.2.